The number of carbonyl (C=O) groups excluding carboxylic acids is 1. The number of likely N-dealkylation sites (tertiary alicyclic amines) is 1. The molecule has 0 radical (unpaired) electrons. The minimum absolute atomic E-state index is 0.181. The van der Waals surface area contributed by atoms with E-state index in [2.05, 4.69) is 31.8 Å². The van der Waals surface area contributed by atoms with Crippen LogP contribution in [0.1, 0.15) is 38.2 Å². The average molecular weight is 430 g/mol. The maximum Gasteiger partial charge on any atom is 0.235 e. The van der Waals surface area contributed by atoms with Gasteiger partial charge in [-0.1, -0.05) is 54.9 Å². The Bertz CT molecular complexity index is 814. The molecule has 2 saturated heterocycles. The topological polar surface area (TPSA) is 63.5 Å². The van der Waals surface area contributed by atoms with Gasteiger partial charge in [0.05, 0.1) is 25.0 Å². The van der Waals surface area contributed by atoms with Crippen LogP contribution in [-0.2, 0) is 16.1 Å². The van der Waals surface area contributed by atoms with Crippen molar-refractivity contribution in [2.75, 3.05) is 44.3 Å². The van der Waals surface area contributed by atoms with Gasteiger partial charge in [-0.25, -0.2) is 0 Å². The van der Waals surface area contributed by atoms with Gasteiger partial charge in [0, 0.05) is 26.2 Å². The monoisotopic (exact) mass is 429 g/mol. The zero-order chi connectivity index (χ0) is 20.8. The number of morpholine rings is 1. The van der Waals surface area contributed by atoms with Gasteiger partial charge in [-0.15, -0.1) is 10.2 Å². The van der Waals surface area contributed by atoms with Gasteiger partial charge in [0.2, 0.25) is 11.9 Å². The van der Waals surface area contributed by atoms with Crippen LogP contribution in [0.15, 0.2) is 35.5 Å². The maximum atomic E-state index is 13.1. The summed E-state index contributed by atoms with van der Waals surface area (Å²) in [6.45, 7) is 7.44. The minimum Gasteiger partial charge on any atom is -0.378 e. The van der Waals surface area contributed by atoms with Gasteiger partial charge < -0.3 is 14.5 Å². The van der Waals surface area contributed by atoms with Crippen LogP contribution in [0.5, 0.6) is 0 Å². The Kier molecular flexibility index (Phi) is 7.28. The van der Waals surface area contributed by atoms with Gasteiger partial charge in [-0.2, -0.15) is 0 Å². The zero-order valence-electron chi connectivity index (χ0n) is 17.7. The van der Waals surface area contributed by atoms with E-state index >= 15 is 0 Å². The second kappa shape index (κ2) is 10.3. The number of benzene rings is 1. The molecule has 7 nitrogen and oxygen atoms in total. The number of aromatic nitrogens is 3. The molecule has 8 heteroatoms. The van der Waals surface area contributed by atoms with Gasteiger partial charge in [0.15, 0.2) is 5.16 Å². The summed E-state index contributed by atoms with van der Waals surface area (Å²) in [5, 5.41) is 9.63. The Hall–Kier alpha value is -2.06. The molecule has 4 rings (SSSR count). The van der Waals surface area contributed by atoms with E-state index in [-0.39, 0.29) is 11.2 Å². The quantitative estimate of drug-likeness (QED) is 0.658. The van der Waals surface area contributed by atoms with Gasteiger partial charge >= 0.3 is 0 Å². The third kappa shape index (κ3) is 5.16. The van der Waals surface area contributed by atoms with E-state index < -0.39 is 0 Å². The molecular formula is C22H31N5O2S. The van der Waals surface area contributed by atoms with Crippen molar-refractivity contribution in [2.45, 2.75) is 49.6 Å². The van der Waals surface area contributed by atoms with E-state index in [0.717, 1.165) is 50.1 Å². The first-order chi connectivity index (χ1) is 14.7. The third-order valence-corrected chi connectivity index (χ3v) is 6.79. The number of ether oxygens (including phenoxy) is 1. The van der Waals surface area contributed by atoms with Crippen LogP contribution in [0.3, 0.4) is 0 Å². The van der Waals surface area contributed by atoms with Crippen LogP contribution in [-0.4, -0.2) is 70.2 Å². The molecule has 3 heterocycles. The van der Waals surface area contributed by atoms with Gasteiger partial charge in [0.1, 0.15) is 0 Å². The highest BCUT2D eigenvalue weighted by Crippen LogP contribution is 2.28. The normalized spacial score (nSPS) is 18.8. The fourth-order valence-corrected chi connectivity index (χ4v) is 4.95. The summed E-state index contributed by atoms with van der Waals surface area (Å²) in [5.74, 6) is 1.07. The number of anilines is 1. The first-order valence-corrected chi connectivity index (χ1v) is 11.9. The fraction of sp³-hybridized carbons (Fsp3) is 0.591. The number of hydrogen-bond donors (Lipinski definition) is 0. The molecular weight excluding hydrogens is 398 g/mol. The lowest BCUT2D eigenvalue weighted by Crippen LogP contribution is -2.38. The smallest absolute Gasteiger partial charge is 0.235 e. The van der Waals surface area contributed by atoms with Crippen molar-refractivity contribution >= 4 is 23.6 Å². The Labute approximate surface area is 182 Å². The van der Waals surface area contributed by atoms with Crippen LogP contribution in [0, 0.1) is 0 Å². The van der Waals surface area contributed by atoms with Crippen LogP contribution in [0.4, 0.5) is 5.95 Å². The molecule has 1 amide bonds. The second-order valence-electron chi connectivity index (χ2n) is 7.95. The lowest BCUT2D eigenvalue weighted by atomic mass is 10.2. The summed E-state index contributed by atoms with van der Waals surface area (Å²) < 4.78 is 7.66. The van der Waals surface area contributed by atoms with Crippen molar-refractivity contribution in [2.24, 2.45) is 0 Å². The van der Waals surface area contributed by atoms with Gasteiger partial charge in [-0.3, -0.25) is 9.36 Å². The van der Waals surface area contributed by atoms with Crippen molar-refractivity contribution in [3.8, 4) is 0 Å². The lowest BCUT2D eigenvalue weighted by Gasteiger charge is -2.28. The van der Waals surface area contributed by atoms with E-state index in [9.17, 15) is 4.79 Å². The summed E-state index contributed by atoms with van der Waals surface area (Å²) >= 11 is 1.52. The molecule has 0 spiro atoms. The molecule has 30 heavy (non-hydrogen) atoms. The molecule has 0 aliphatic carbocycles. The largest absolute Gasteiger partial charge is 0.378 e. The number of amides is 1. The number of hydrogen-bond acceptors (Lipinski definition) is 6. The van der Waals surface area contributed by atoms with E-state index in [1.54, 1.807) is 0 Å². The maximum absolute atomic E-state index is 13.1. The van der Waals surface area contributed by atoms with E-state index in [1.165, 1.54) is 30.2 Å². The molecule has 1 atom stereocenters. The minimum atomic E-state index is -0.181. The summed E-state index contributed by atoms with van der Waals surface area (Å²) in [6.07, 6.45) is 4.65. The standard InChI is InChI=1S/C22H31N5O2S/c1-18(20(28)25-11-7-2-3-8-12-25)30-22-24-23-21(26-13-15-29-16-14-26)27(22)17-19-9-5-4-6-10-19/h4-6,9-10,18H,2-3,7-8,11-17H2,1H3/t18-/m0/s1. The van der Waals surface area contributed by atoms with Crippen LogP contribution in [0.2, 0.25) is 0 Å². The van der Waals surface area contributed by atoms with Gasteiger partial charge in [0.25, 0.3) is 0 Å². The zero-order valence-corrected chi connectivity index (χ0v) is 18.5. The molecule has 1 aromatic carbocycles. The molecule has 2 aliphatic rings. The number of thioether (sulfide) groups is 1. The molecule has 1 aromatic heterocycles. The predicted octanol–water partition coefficient (Wildman–Crippen LogP) is 3.05. The van der Waals surface area contributed by atoms with Crippen molar-refractivity contribution < 1.29 is 9.53 Å². The number of carbonyl (C=O) groups is 1. The average Bonchev–Trinajstić information content (AvgIpc) is 2.99. The third-order valence-electron chi connectivity index (χ3n) is 5.72. The molecule has 2 aromatic rings. The summed E-state index contributed by atoms with van der Waals surface area (Å²) in [5.41, 5.74) is 1.19. The van der Waals surface area contributed by atoms with Crippen molar-refractivity contribution in [1.82, 2.24) is 19.7 Å². The van der Waals surface area contributed by atoms with E-state index in [0.29, 0.717) is 19.8 Å². The summed E-state index contributed by atoms with van der Waals surface area (Å²) in [7, 11) is 0. The van der Waals surface area contributed by atoms with E-state index in [1.807, 2.05) is 30.0 Å². The molecule has 0 N–H and O–H groups in total. The first-order valence-electron chi connectivity index (χ1n) is 11.0. The Balaban J connectivity index is 1.53. The molecule has 0 unspecified atom stereocenters. The van der Waals surface area contributed by atoms with Crippen LogP contribution < -0.4 is 4.90 Å². The highest BCUT2D eigenvalue weighted by molar-refractivity contribution is 8.00. The van der Waals surface area contributed by atoms with Crippen LogP contribution >= 0.6 is 11.8 Å². The highest BCUT2D eigenvalue weighted by atomic mass is 32.2. The molecule has 2 fully saturated rings. The summed E-state index contributed by atoms with van der Waals surface area (Å²) in [4.78, 5) is 17.3. The second-order valence-corrected chi connectivity index (χ2v) is 9.26. The van der Waals surface area contributed by atoms with Crippen LogP contribution in [0.25, 0.3) is 0 Å². The van der Waals surface area contributed by atoms with Crippen molar-refractivity contribution in [3.63, 3.8) is 0 Å². The molecule has 162 valence electrons. The van der Waals surface area contributed by atoms with E-state index in [4.69, 9.17) is 4.74 Å². The lowest BCUT2D eigenvalue weighted by molar-refractivity contribution is -0.130. The summed E-state index contributed by atoms with van der Waals surface area (Å²) in [6, 6.07) is 10.3. The number of rotatable bonds is 6. The Morgan fingerprint density at radius 3 is 2.43 bits per heavy atom. The Morgan fingerprint density at radius 1 is 1.03 bits per heavy atom. The van der Waals surface area contributed by atoms with Crippen molar-refractivity contribution in [3.05, 3.63) is 35.9 Å². The fourth-order valence-electron chi connectivity index (χ4n) is 4.03. The molecule has 2 aliphatic heterocycles. The highest BCUT2D eigenvalue weighted by Gasteiger charge is 2.26. The Morgan fingerprint density at radius 2 is 1.73 bits per heavy atom. The van der Waals surface area contributed by atoms with Crippen molar-refractivity contribution in [1.29, 1.82) is 0 Å². The predicted molar refractivity (Wildman–Crippen MR) is 119 cm³/mol. The van der Waals surface area contributed by atoms with Gasteiger partial charge in [-0.05, 0) is 25.3 Å². The number of nitrogens with zero attached hydrogens (tertiary/aromatic N) is 5. The SMILES string of the molecule is C[C@H](Sc1nnc(N2CCOCC2)n1Cc1ccccc1)C(=O)N1CCCCCC1. The molecule has 0 bridgehead atoms. The molecule has 0 saturated carbocycles. The first kappa shape index (κ1) is 21.2.